The molecule has 2 aliphatic rings. The number of alkyl carbamates (subject to hydrolysis) is 2. The van der Waals surface area contributed by atoms with Gasteiger partial charge in [0, 0.05) is 39.3 Å². The molecule has 6 rings (SSSR count). The molecule has 0 aromatic heterocycles. The van der Waals surface area contributed by atoms with Crippen molar-refractivity contribution < 1.29 is 19.1 Å². The van der Waals surface area contributed by atoms with E-state index in [0.717, 1.165) is 39.3 Å². The molecule has 0 bridgehead atoms. The Morgan fingerprint density at radius 1 is 0.478 bits per heavy atom. The summed E-state index contributed by atoms with van der Waals surface area (Å²) in [6.45, 7) is 5.96. The van der Waals surface area contributed by atoms with Crippen molar-refractivity contribution in [2.75, 3.05) is 26.2 Å². The lowest BCUT2D eigenvalue weighted by molar-refractivity contribution is 0.102. The highest BCUT2D eigenvalue weighted by Crippen LogP contribution is 2.14. The van der Waals surface area contributed by atoms with Crippen molar-refractivity contribution in [3.8, 4) is 0 Å². The lowest BCUT2D eigenvalue weighted by Crippen LogP contribution is -2.33. The van der Waals surface area contributed by atoms with Crippen molar-refractivity contribution in [3.05, 3.63) is 144 Å². The summed E-state index contributed by atoms with van der Waals surface area (Å²) < 4.78 is 10.6. The van der Waals surface area contributed by atoms with E-state index in [1.165, 1.54) is 22.3 Å². The van der Waals surface area contributed by atoms with E-state index in [2.05, 4.69) is 69.0 Å². The number of carbonyl (C=O) groups is 2. The molecular formula is C36H44N4O4S2. The van der Waals surface area contributed by atoms with Gasteiger partial charge in [-0.2, -0.15) is 27.0 Å². The van der Waals surface area contributed by atoms with Gasteiger partial charge in [-0.05, 0) is 22.3 Å². The Labute approximate surface area is 286 Å². The van der Waals surface area contributed by atoms with Crippen LogP contribution in [0.2, 0.25) is 0 Å². The van der Waals surface area contributed by atoms with Crippen molar-refractivity contribution in [3.63, 3.8) is 0 Å². The molecule has 2 aliphatic heterocycles. The molecule has 4 aromatic rings. The van der Waals surface area contributed by atoms with E-state index in [-0.39, 0.29) is 51.4 Å². The predicted octanol–water partition coefficient (Wildman–Crippen LogP) is 5.82. The van der Waals surface area contributed by atoms with Crippen LogP contribution in [0.4, 0.5) is 9.59 Å². The van der Waals surface area contributed by atoms with Crippen LogP contribution in [0.25, 0.3) is 0 Å². The van der Waals surface area contributed by atoms with Crippen LogP contribution in [-0.4, -0.2) is 60.4 Å². The van der Waals surface area contributed by atoms with Crippen LogP contribution in [0.15, 0.2) is 121 Å². The second kappa shape index (κ2) is 19.5. The summed E-state index contributed by atoms with van der Waals surface area (Å²) in [4.78, 5) is 27.0. The Hall–Kier alpha value is -3.96. The van der Waals surface area contributed by atoms with E-state index in [1.807, 2.05) is 72.8 Å². The van der Waals surface area contributed by atoms with Gasteiger partial charge in [0.1, 0.15) is 12.2 Å². The van der Waals surface area contributed by atoms with Crippen molar-refractivity contribution in [2.45, 2.75) is 38.4 Å². The van der Waals surface area contributed by atoms with Crippen LogP contribution in [0.1, 0.15) is 22.3 Å². The van der Waals surface area contributed by atoms with Gasteiger partial charge in [-0.3, -0.25) is 9.80 Å². The second-order valence-corrected chi connectivity index (χ2v) is 11.1. The zero-order valence-electron chi connectivity index (χ0n) is 25.9. The first-order chi connectivity index (χ1) is 21.6. The molecular weight excluding hydrogens is 617 g/mol. The molecule has 2 heterocycles. The standard InChI is InChI=1S/2C18H20N2O2.2H2S/c2*21-18-19-11-17(22-18)14-20(12-15-7-3-1-4-8-15)13-16-9-5-2-6-10-16;;/h2*1-10,17H,11-14H2,(H,19,21);2*1H2/t2*17-;;/m00../s1. The quantitative estimate of drug-likeness (QED) is 0.199. The molecule has 4 aromatic carbocycles. The molecule has 10 heteroatoms. The van der Waals surface area contributed by atoms with Crippen molar-refractivity contribution in [1.29, 1.82) is 0 Å². The number of nitrogens with one attached hydrogen (secondary N) is 2. The number of hydrogen-bond donors (Lipinski definition) is 2. The number of amides is 2. The number of cyclic esters (lactones) is 2. The maximum absolute atomic E-state index is 11.2. The van der Waals surface area contributed by atoms with Gasteiger partial charge in [0.2, 0.25) is 0 Å². The molecule has 2 amide bonds. The number of ether oxygens (including phenoxy) is 2. The monoisotopic (exact) mass is 660 g/mol. The summed E-state index contributed by atoms with van der Waals surface area (Å²) in [5.41, 5.74) is 5.04. The van der Waals surface area contributed by atoms with Crippen molar-refractivity contribution in [2.24, 2.45) is 0 Å². The summed E-state index contributed by atoms with van der Waals surface area (Å²) in [6.07, 6.45) is -0.798. The third-order valence-corrected chi connectivity index (χ3v) is 7.42. The Morgan fingerprint density at radius 2 is 0.739 bits per heavy atom. The molecule has 0 aliphatic carbocycles. The van der Waals surface area contributed by atoms with Gasteiger partial charge in [-0.1, -0.05) is 121 Å². The first kappa shape index (κ1) is 36.5. The minimum absolute atomic E-state index is 0. The molecule has 244 valence electrons. The normalized spacial score (nSPS) is 16.6. The maximum atomic E-state index is 11.2. The summed E-state index contributed by atoms with van der Waals surface area (Å²) in [5, 5.41) is 5.43. The number of nitrogens with zero attached hydrogens (tertiary/aromatic N) is 2. The summed E-state index contributed by atoms with van der Waals surface area (Å²) in [6, 6.07) is 41.5. The minimum Gasteiger partial charge on any atom is -0.443 e. The predicted molar refractivity (Wildman–Crippen MR) is 191 cm³/mol. The highest BCUT2D eigenvalue weighted by atomic mass is 32.1. The van der Waals surface area contributed by atoms with Crippen LogP contribution in [0.3, 0.4) is 0 Å². The number of rotatable bonds is 12. The second-order valence-electron chi connectivity index (χ2n) is 11.1. The van der Waals surface area contributed by atoms with Crippen LogP contribution in [0, 0.1) is 0 Å². The zero-order chi connectivity index (χ0) is 30.4. The lowest BCUT2D eigenvalue weighted by atomic mass is 10.1. The summed E-state index contributed by atoms with van der Waals surface area (Å²) in [7, 11) is 0. The van der Waals surface area contributed by atoms with E-state index in [1.54, 1.807) is 0 Å². The van der Waals surface area contributed by atoms with E-state index in [4.69, 9.17) is 9.47 Å². The van der Waals surface area contributed by atoms with Crippen LogP contribution < -0.4 is 10.6 Å². The highest BCUT2D eigenvalue weighted by molar-refractivity contribution is 7.59. The molecule has 46 heavy (non-hydrogen) atoms. The number of hydrogen-bond acceptors (Lipinski definition) is 6. The molecule has 2 saturated heterocycles. The van der Waals surface area contributed by atoms with Crippen LogP contribution in [-0.2, 0) is 35.7 Å². The van der Waals surface area contributed by atoms with E-state index in [9.17, 15) is 9.59 Å². The van der Waals surface area contributed by atoms with E-state index in [0.29, 0.717) is 13.1 Å². The topological polar surface area (TPSA) is 83.1 Å². The molecule has 2 fully saturated rings. The summed E-state index contributed by atoms with van der Waals surface area (Å²) >= 11 is 0. The van der Waals surface area contributed by atoms with Gasteiger partial charge in [0.25, 0.3) is 0 Å². The highest BCUT2D eigenvalue weighted by Gasteiger charge is 2.26. The Balaban J connectivity index is 0.000000240. The minimum atomic E-state index is -0.315. The fourth-order valence-corrected chi connectivity index (χ4v) is 5.38. The molecule has 0 radical (unpaired) electrons. The molecule has 2 atom stereocenters. The number of benzene rings is 4. The maximum Gasteiger partial charge on any atom is 0.407 e. The van der Waals surface area contributed by atoms with Gasteiger partial charge in [0.05, 0.1) is 13.1 Å². The molecule has 0 unspecified atom stereocenters. The fraction of sp³-hybridized carbons (Fsp3) is 0.278. The van der Waals surface area contributed by atoms with Crippen molar-refractivity contribution in [1.82, 2.24) is 20.4 Å². The average molecular weight is 661 g/mol. The SMILES string of the molecule is O=C1NC[C@@H](CN(Cc2ccccc2)Cc2ccccc2)O1.O=C1NC[C@@H](CN(Cc2ccccc2)Cc2ccccc2)O1.S.S. The first-order valence-electron chi connectivity index (χ1n) is 15.1. The van der Waals surface area contributed by atoms with Gasteiger partial charge in [-0.15, -0.1) is 0 Å². The Kier molecular flexibility index (Phi) is 15.5. The first-order valence-corrected chi connectivity index (χ1v) is 15.1. The molecule has 2 N–H and O–H groups in total. The zero-order valence-corrected chi connectivity index (χ0v) is 27.9. The molecule has 8 nitrogen and oxygen atoms in total. The van der Waals surface area contributed by atoms with E-state index < -0.39 is 0 Å². The van der Waals surface area contributed by atoms with Gasteiger partial charge in [-0.25, -0.2) is 9.59 Å². The van der Waals surface area contributed by atoms with Gasteiger partial charge >= 0.3 is 12.2 Å². The van der Waals surface area contributed by atoms with Crippen LogP contribution in [0.5, 0.6) is 0 Å². The fourth-order valence-electron chi connectivity index (χ4n) is 5.38. The number of carbonyl (C=O) groups excluding carboxylic acids is 2. The van der Waals surface area contributed by atoms with Crippen LogP contribution >= 0.6 is 27.0 Å². The molecule has 0 spiro atoms. The third kappa shape index (κ3) is 12.4. The Morgan fingerprint density at radius 3 is 0.957 bits per heavy atom. The summed E-state index contributed by atoms with van der Waals surface area (Å²) in [5.74, 6) is 0. The third-order valence-electron chi connectivity index (χ3n) is 7.42. The van der Waals surface area contributed by atoms with Gasteiger partial charge < -0.3 is 20.1 Å². The average Bonchev–Trinajstić information content (AvgIpc) is 3.66. The van der Waals surface area contributed by atoms with Gasteiger partial charge in [0.15, 0.2) is 0 Å². The molecule has 0 saturated carbocycles. The Bertz CT molecular complexity index is 1240. The largest absolute Gasteiger partial charge is 0.443 e. The van der Waals surface area contributed by atoms with E-state index >= 15 is 0 Å². The smallest absolute Gasteiger partial charge is 0.407 e. The lowest BCUT2D eigenvalue weighted by Gasteiger charge is -2.24. The van der Waals surface area contributed by atoms with Crippen molar-refractivity contribution >= 4 is 39.2 Å².